The number of aromatic hydroxyl groups is 1. The molecule has 1 aliphatic heterocycles. The van der Waals surface area contributed by atoms with Gasteiger partial charge in [-0.3, -0.25) is 14.4 Å². The summed E-state index contributed by atoms with van der Waals surface area (Å²) >= 11 is 0. The number of aromatic nitrogens is 1. The van der Waals surface area contributed by atoms with Gasteiger partial charge in [0.2, 0.25) is 0 Å². The molecule has 2 fully saturated rings. The quantitative estimate of drug-likeness (QED) is 0.457. The molecule has 36 heavy (non-hydrogen) atoms. The first kappa shape index (κ1) is 27.4. The molecular formula is C26H36N2O8. The Morgan fingerprint density at radius 1 is 1.17 bits per heavy atom. The number of hydrogen-bond donors (Lipinski definition) is 2. The van der Waals surface area contributed by atoms with E-state index >= 15 is 0 Å². The molecule has 2 N–H and O–H groups in total. The maximum Gasteiger partial charge on any atom is 0.332 e. The van der Waals surface area contributed by atoms with Gasteiger partial charge in [-0.2, -0.15) is 0 Å². The van der Waals surface area contributed by atoms with E-state index in [0.717, 1.165) is 19.3 Å². The number of cyclic esters (lactones) is 2. The Labute approximate surface area is 211 Å². The third kappa shape index (κ3) is 5.96. The number of rotatable bonds is 5. The molecule has 10 nitrogen and oxygen atoms in total. The van der Waals surface area contributed by atoms with Gasteiger partial charge in [0.25, 0.3) is 5.91 Å². The molecule has 1 amide bonds. The Morgan fingerprint density at radius 2 is 1.83 bits per heavy atom. The summed E-state index contributed by atoms with van der Waals surface area (Å²) in [7, 11) is 0. The predicted octanol–water partition coefficient (Wildman–Crippen LogP) is 2.69. The maximum atomic E-state index is 13.2. The zero-order valence-electron chi connectivity index (χ0n) is 21.5. The number of amides is 1. The van der Waals surface area contributed by atoms with Crippen molar-refractivity contribution in [3.05, 3.63) is 23.5 Å². The largest absolute Gasteiger partial charge is 0.505 e. The number of aryl methyl sites for hydroxylation is 1. The summed E-state index contributed by atoms with van der Waals surface area (Å²) in [5, 5.41) is 12.6. The first-order chi connectivity index (χ1) is 17.0. The van der Waals surface area contributed by atoms with Crippen molar-refractivity contribution in [2.75, 3.05) is 6.61 Å². The van der Waals surface area contributed by atoms with Crippen molar-refractivity contribution in [2.45, 2.75) is 78.6 Å². The van der Waals surface area contributed by atoms with Crippen molar-refractivity contribution in [2.24, 2.45) is 23.7 Å². The van der Waals surface area contributed by atoms with Crippen LogP contribution in [0.3, 0.4) is 0 Å². The molecule has 1 aliphatic carbocycles. The summed E-state index contributed by atoms with van der Waals surface area (Å²) in [6.07, 6.45) is 2.56. The summed E-state index contributed by atoms with van der Waals surface area (Å²) in [6.45, 7) is 8.49. The number of carbonyl (C=O) groups excluding carboxylic acids is 4. The summed E-state index contributed by atoms with van der Waals surface area (Å²) in [4.78, 5) is 55.6. The van der Waals surface area contributed by atoms with E-state index in [0.29, 0.717) is 12.0 Å². The highest BCUT2D eigenvalue weighted by Crippen LogP contribution is 2.36. The molecule has 2 heterocycles. The van der Waals surface area contributed by atoms with Crippen LogP contribution in [-0.2, 0) is 28.6 Å². The molecule has 1 aromatic heterocycles. The predicted molar refractivity (Wildman–Crippen MR) is 128 cm³/mol. The molecule has 0 radical (unpaired) electrons. The number of nitrogens with zero attached hydrogens (tertiary/aromatic N) is 1. The lowest BCUT2D eigenvalue weighted by atomic mass is 9.73. The van der Waals surface area contributed by atoms with Crippen molar-refractivity contribution >= 4 is 23.8 Å². The van der Waals surface area contributed by atoms with E-state index in [2.05, 4.69) is 10.3 Å². The smallest absolute Gasteiger partial charge is 0.332 e. The van der Waals surface area contributed by atoms with Crippen LogP contribution in [-0.4, -0.2) is 58.8 Å². The highest BCUT2D eigenvalue weighted by atomic mass is 16.6. The van der Waals surface area contributed by atoms with E-state index in [1.807, 2.05) is 13.8 Å². The van der Waals surface area contributed by atoms with E-state index in [-0.39, 0.29) is 29.2 Å². The fraction of sp³-hybridized carbons (Fsp3) is 0.654. The van der Waals surface area contributed by atoms with E-state index in [9.17, 15) is 24.3 Å². The van der Waals surface area contributed by atoms with Crippen molar-refractivity contribution in [1.29, 1.82) is 0 Å². The van der Waals surface area contributed by atoms with Crippen LogP contribution < -0.4 is 5.32 Å². The zero-order chi connectivity index (χ0) is 26.6. The summed E-state index contributed by atoms with van der Waals surface area (Å²) in [6, 6.07) is 0.196. The van der Waals surface area contributed by atoms with Gasteiger partial charge in [-0.15, -0.1) is 0 Å². The Bertz CT molecular complexity index is 986. The standard InChI is InChI=1S/C26H36N2O8/c1-6-17-22(36-26(33)19-13(2)8-7-9-14(19)3)16(5)35-25(32)18(12-34-24(17)31)28-23(30)20-21(29)15(4)10-11-27-20/h10-11,13-14,16-19,22,29H,6-9,12H2,1-5H3,(H,28,30)/t13?,14?,16-,17+,18-,19?,22-/m0/s1. The minimum absolute atomic E-state index is 0.147. The van der Waals surface area contributed by atoms with Crippen LogP contribution in [0.15, 0.2) is 12.3 Å². The fourth-order valence-electron chi connectivity index (χ4n) is 5.11. The van der Waals surface area contributed by atoms with Gasteiger partial charge >= 0.3 is 17.9 Å². The van der Waals surface area contributed by atoms with Gasteiger partial charge in [-0.05, 0) is 56.6 Å². The lowest BCUT2D eigenvalue weighted by Gasteiger charge is -2.35. The lowest BCUT2D eigenvalue weighted by molar-refractivity contribution is -0.180. The molecule has 0 aromatic carbocycles. The van der Waals surface area contributed by atoms with Gasteiger partial charge in [-0.1, -0.05) is 27.2 Å². The molecule has 1 saturated heterocycles. The topological polar surface area (TPSA) is 141 Å². The molecule has 0 spiro atoms. The van der Waals surface area contributed by atoms with Crippen LogP contribution in [0.5, 0.6) is 5.75 Å². The van der Waals surface area contributed by atoms with Crippen LogP contribution >= 0.6 is 0 Å². The van der Waals surface area contributed by atoms with Gasteiger partial charge in [0.15, 0.2) is 17.8 Å². The number of nitrogens with one attached hydrogen (secondary N) is 1. The minimum Gasteiger partial charge on any atom is -0.505 e. The fourth-order valence-corrected chi connectivity index (χ4v) is 5.11. The molecule has 2 aliphatic rings. The molecule has 10 heteroatoms. The Balaban J connectivity index is 1.79. The Hall–Kier alpha value is -3.17. The Kier molecular flexibility index (Phi) is 8.92. The first-order valence-electron chi connectivity index (χ1n) is 12.6. The molecule has 198 valence electrons. The van der Waals surface area contributed by atoms with Crippen molar-refractivity contribution in [1.82, 2.24) is 10.3 Å². The number of ether oxygens (including phenoxy) is 3. The van der Waals surface area contributed by atoms with Crippen molar-refractivity contribution in [3.63, 3.8) is 0 Å². The van der Waals surface area contributed by atoms with E-state index < -0.39 is 54.6 Å². The highest BCUT2D eigenvalue weighted by Gasteiger charge is 2.43. The first-order valence-corrected chi connectivity index (χ1v) is 12.6. The molecule has 1 aromatic rings. The van der Waals surface area contributed by atoms with E-state index in [1.165, 1.54) is 12.3 Å². The van der Waals surface area contributed by atoms with Gasteiger partial charge < -0.3 is 24.6 Å². The molecule has 3 rings (SSSR count). The minimum atomic E-state index is -1.34. The second kappa shape index (κ2) is 11.7. The van der Waals surface area contributed by atoms with Gasteiger partial charge in [0, 0.05) is 6.20 Å². The van der Waals surface area contributed by atoms with Crippen LogP contribution in [0, 0.1) is 30.6 Å². The second-order valence-corrected chi connectivity index (χ2v) is 9.95. The van der Waals surface area contributed by atoms with E-state index in [4.69, 9.17) is 14.2 Å². The lowest BCUT2D eigenvalue weighted by Crippen LogP contribution is -2.47. The summed E-state index contributed by atoms with van der Waals surface area (Å²) < 4.78 is 16.8. The van der Waals surface area contributed by atoms with Crippen molar-refractivity contribution < 1.29 is 38.5 Å². The van der Waals surface area contributed by atoms with Crippen LogP contribution in [0.25, 0.3) is 0 Å². The average Bonchev–Trinajstić information content (AvgIpc) is 2.85. The monoisotopic (exact) mass is 504 g/mol. The average molecular weight is 505 g/mol. The number of esters is 3. The molecule has 6 atom stereocenters. The Morgan fingerprint density at radius 3 is 2.47 bits per heavy atom. The van der Waals surface area contributed by atoms with Crippen LogP contribution in [0.4, 0.5) is 0 Å². The summed E-state index contributed by atoms with van der Waals surface area (Å²) in [5.74, 6) is -3.90. The van der Waals surface area contributed by atoms with Gasteiger partial charge in [-0.25, -0.2) is 9.78 Å². The second-order valence-electron chi connectivity index (χ2n) is 9.95. The molecular weight excluding hydrogens is 468 g/mol. The highest BCUT2D eigenvalue weighted by molar-refractivity contribution is 5.97. The summed E-state index contributed by atoms with van der Waals surface area (Å²) in [5.41, 5.74) is 0.167. The third-order valence-electron chi connectivity index (χ3n) is 7.30. The number of carbonyl (C=O) groups is 4. The molecule has 2 unspecified atom stereocenters. The van der Waals surface area contributed by atoms with Gasteiger partial charge in [0.05, 0.1) is 11.8 Å². The van der Waals surface area contributed by atoms with Gasteiger partial charge in [0.1, 0.15) is 18.5 Å². The zero-order valence-corrected chi connectivity index (χ0v) is 21.5. The third-order valence-corrected chi connectivity index (χ3v) is 7.30. The van der Waals surface area contributed by atoms with Crippen molar-refractivity contribution in [3.8, 4) is 5.75 Å². The number of pyridine rings is 1. The maximum absolute atomic E-state index is 13.2. The van der Waals surface area contributed by atoms with E-state index in [1.54, 1.807) is 20.8 Å². The normalized spacial score (nSPS) is 31.2. The molecule has 0 bridgehead atoms. The molecule has 1 saturated carbocycles. The van der Waals surface area contributed by atoms with Crippen LogP contribution in [0.2, 0.25) is 0 Å². The number of hydrogen-bond acceptors (Lipinski definition) is 9. The van der Waals surface area contributed by atoms with Crippen LogP contribution in [0.1, 0.15) is 69.4 Å². The SMILES string of the molecule is CC[C@H]1C(=O)OC[C@H](NC(=O)c2nccc(C)c2O)C(=O)O[C@@H](C)[C@@H]1OC(=O)C1C(C)CCCC1C.